The van der Waals surface area contributed by atoms with E-state index in [2.05, 4.69) is 0 Å². The Bertz CT molecular complexity index is 384. The zero-order valence-corrected chi connectivity index (χ0v) is 9.56. The van der Waals surface area contributed by atoms with Crippen molar-refractivity contribution in [3.05, 3.63) is 49.0 Å². The zero-order chi connectivity index (χ0) is 13.4. The highest BCUT2D eigenvalue weighted by Crippen LogP contribution is 2.00. The summed E-state index contributed by atoms with van der Waals surface area (Å²) < 4.78 is 9.59. The van der Waals surface area contributed by atoms with Gasteiger partial charge in [-0.3, -0.25) is 9.59 Å². The van der Waals surface area contributed by atoms with E-state index in [-0.39, 0.29) is 0 Å². The molecule has 0 radical (unpaired) electrons. The van der Waals surface area contributed by atoms with Gasteiger partial charge in [-0.05, 0) is 24.3 Å². The van der Waals surface area contributed by atoms with Crippen molar-refractivity contribution in [1.82, 2.24) is 0 Å². The average Bonchev–Trinajstić information content (AvgIpc) is 2.41. The number of amides is 2. The lowest BCUT2D eigenvalue weighted by molar-refractivity contribution is -0.124. The number of allylic oxidation sites excluding steroid dienone is 4. The van der Waals surface area contributed by atoms with Crippen molar-refractivity contribution in [2.45, 2.75) is 12.2 Å². The van der Waals surface area contributed by atoms with E-state index in [1.54, 1.807) is 36.5 Å². The van der Waals surface area contributed by atoms with Crippen molar-refractivity contribution in [2.24, 2.45) is 11.5 Å². The number of ether oxygens (including phenoxy) is 2. The Kier molecular flexibility index (Phi) is 5.24. The molecule has 2 heterocycles. The second-order valence-corrected chi connectivity index (χ2v) is 3.34. The van der Waals surface area contributed by atoms with Crippen LogP contribution in [-0.2, 0) is 19.1 Å². The number of nitrogens with two attached hydrogens (primary N) is 2. The van der Waals surface area contributed by atoms with E-state index in [1.165, 1.54) is 12.5 Å². The molecule has 0 aromatic heterocycles. The average molecular weight is 250 g/mol. The van der Waals surface area contributed by atoms with Crippen LogP contribution in [0.2, 0.25) is 0 Å². The summed E-state index contributed by atoms with van der Waals surface area (Å²) in [4.78, 5) is 20.7. The molecule has 4 N–H and O–H groups in total. The highest BCUT2D eigenvalue weighted by atomic mass is 16.5. The maximum absolute atomic E-state index is 10.4. The van der Waals surface area contributed by atoms with Crippen LogP contribution in [0.4, 0.5) is 0 Å². The van der Waals surface area contributed by atoms with Crippen LogP contribution >= 0.6 is 0 Å². The van der Waals surface area contributed by atoms with Gasteiger partial charge in [0.1, 0.15) is 0 Å². The van der Waals surface area contributed by atoms with E-state index in [0.29, 0.717) is 0 Å². The Hall–Kier alpha value is -2.50. The Morgan fingerprint density at radius 3 is 1.33 bits per heavy atom. The number of primary amides is 2. The van der Waals surface area contributed by atoms with E-state index in [4.69, 9.17) is 20.9 Å². The molecule has 6 nitrogen and oxygen atoms in total. The maximum atomic E-state index is 10.4. The van der Waals surface area contributed by atoms with Crippen LogP contribution in [0.3, 0.4) is 0 Å². The monoisotopic (exact) mass is 250 g/mol. The summed E-state index contributed by atoms with van der Waals surface area (Å²) in [6.07, 6.45) is 11.8. The van der Waals surface area contributed by atoms with Crippen molar-refractivity contribution >= 4 is 11.8 Å². The lowest BCUT2D eigenvalue weighted by Crippen LogP contribution is -2.28. The summed E-state index contributed by atoms with van der Waals surface area (Å²) in [5, 5.41) is 0. The lowest BCUT2D eigenvalue weighted by atomic mass is 10.3. The van der Waals surface area contributed by atoms with Gasteiger partial charge in [-0.2, -0.15) is 0 Å². The topological polar surface area (TPSA) is 105 Å². The molecule has 0 aromatic rings. The molecule has 2 aliphatic rings. The number of rotatable bonds is 2. The van der Waals surface area contributed by atoms with Gasteiger partial charge in [0.05, 0.1) is 12.5 Å². The minimum absolute atomic E-state index is 0.462. The Balaban J connectivity index is 0.000000180. The summed E-state index contributed by atoms with van der Waals surface area (Å²) in [7, 11) is 0. The number of carbonyl (C=O) groups excluding carboxylic acids is 2. The smallest absolute Gasteiger partial charge is 0.262 e. The maximum Gasteiger partial charge on any atom is 0.262 e. The van der Waals surface area contributed by atoms with E-state index >= 15 is 0 Å². The van der Waals surface area contributed by atoms with Crippen LogP contribution in [0.15, 0.2) is 49.0 Å². The summed E-state index contributed by atoms with van der Waals surface area (Å²) in [6, 6.07) is 0. The first-order chi connectivity index (χ1) is 8.61. The second kappa shape index (κ2) is 6.95. The molecule has 0 aromatic carbocycles. The summed E-state index contributed by atoms with van der Waals surface area (Å²) in [5.74, 6) is -0.925. The fourth-order valence-corrected chi connectivity index (χ4v) is 1.10. The van der Waals surface area contributed by atoms with Crippen LogP contribution in [0, 0.1) is 0 Å². The van der Waals surface area contributed by atoms with Crippen LogP contribution in [0.25, 0.3) is 0 Å². The molecule has 2 unspecified atom stereocenters. The third-order valence-electron chi connectivity index (χ3n) is 1.96. The fraction of sp³-hybridized carbons (Fsp3) is 0.167. The molecule has 2 atom stereocenters. The second-order valence-electron chi connectivity index (χ2n) is 3.34. The first-order valence-corrected chi connectivity index (χ1v) is 5.17. The highest BCUT2D eigenvalue weighted by Gasteiger charge is 2.11. The zero-order valence-electron chi connectivity index (χ0n) is 9.56. The molecule has 2 rings (SSSR count). The van der Waals surface area contributed by atoms with Crippen molar-refractivity contribution in [1.29, 1.82) is 0 Å². The van der Waals surface area contributed by atoms with Crippen LogP contribution in [0.5, 0.6) is 0 Å². The molecule has 2 aliphatic heterocycles. The summed E-state index contributed by atoms with van der Waals surface area (Å²) in [6.45, 7) is 0. The first-order valence-electron chi connectivity index (χ1n) is 5.17. The molecular weight excluding hydrogens is 236 g/mol. The minimum Gasteiger partial charge on any atom is -0.484 e. The van der Waals surface area contributed by atoms with E-state index in [1.807, 2.05) is 0 Å². The highest BCUT2D eigenvalue weighted by molar-refractivity contribution is 5.81. The molecular formula is C12H14N2O4. The SMILES string of the molecule is NC(=O)C1C=CC=CO1.NC(=O)C1C=CC=CO1. The molecule has 0 saturated carbocycles. The number of hydrogen-bond donors (Lipinski definition) is 2. The van der Waals surface area contributed by atoms with Crippen LogP contribution in [-0.4, -0.2) is 24.0 Å². The Labute approximate surface area is 104 Å². The fourth-order valence-electron chi connectivity index (χ4n) is 1.10. The van der Waals surface area contributed by atoms with Gasteiger partial charge in [0.2, 0.25) is 0 Å². The summed E-state index contributed by atoms with van der Waals surface area (Å²) >= 11 is 0. The Morgan fingerprint density at radius 1 is 0.778 bits per heavy atom. The lowest BCUT2D eigenvalue weighted by Gasteiger charge is -2.09. The third-order valence-corrected chi connectivity index (χ3v) is 1.96. The normalized spacial score (nSPS) is 23.3. The molecule has 0 bridgehead atoms. The van der Waals surface area contributed by atoms with E-state index in [0.717, 1.165) is 0 Å². The van der Waals surface area contributed by atoms with Gasteiger partial charge >= 0.3 is 0 Å². The van der Waals surface area contributed by atoms with E-state index < -0.39 is 24.0 Å². The molecule has 2 amide bonds. The first kappa shape index (κ1) is 13.6. The molecule has 6 heteroatoms. The standard InChI is InChI=1S/2C6H7NO2/c2*7-6(8)5-3-1-2-4-9-5/h2*1-5H,(H2,7,8). The van der Waals surface area contributed by atoms with Gasteiger partial charge in [0, 0.05) is 0 Å². The molecule has 96 valence electrons. The molecule has 0 spiro atoms. The van der Waals surface area contributed by atoms with Gasteiger partial charge in [0.25, 0.3) is 11.8 Å². The van der Waals surface area contributed by atoms with Gasteiger partial charge in [-0.15, -0.1) is 0 Å². The number of hydrogen-bond acceptors (Lipinski definition) is 4. The minimum atomic E-state index is -0.574. The van der Waals surface area contributed by atoms with Crippen molar-refractivity contribution in [3.8, 4) is 0 Å². The predicted octanol–water partition coefficient (Wildman–Crippen LogP) is -0.119. The molecule has 0 saturated heterocycles. The Morgan fingerprint density at radius 2 is 1.17 bits per heavy atom. The molecule has 0 fully saturated rings. The van der Waals surface area contributed by atoms with Crippen molar-refractivity contribution < 1.29 is 19.1 Å². The summed E-state index contributed by atoms with van der Waals surface area (Å²) in [5.41, 5.74) is 9.84. The third kappa shape index (κ3) is 4.56. The van der Waals surface area contributed by atoms with Gasteiger partial charge in [-0.1, -0.05) is 12.2 Å². The van der Waals surface area contributed by atoms with Gasteiger partial charge in [0.15, 0.2) is 12.2 Å². The van der Waals surface area contributed by atoms with E-state index in [9.17, 15) is 9.59 Å². The van der Waals surface area contributed by atoms with Crippen molar-refractivity contribution in [3.63, 3.8) is 0 Å². The molecule has 0 aliphatic carbocycles. The van der Waals surface area contributed by atoms with Gasteiger partial charge in [-0.25, -0.2) is 0 Å². The van der Waals surface area contributed by atoms with Crippen LogP contribution in [0.1, 0.15) is 0 Å². The van der Waals surface area contributed by atoms with Crippen molar-refractivity contribution in [2.75, 3.05) is 0 Å². The quantitative estimate of drug-likeness (QED) is 0.712. The van der Waals surface area contributed by atoms with Crippen LogP contribution < -0.4 is 11.5 Å². The van der Waals surface area contributed by atoms with Gasteiger partial charge < -0.3 is 20.9 Å². The number of carbonyl (C=O) groups is 2. The molecule has 18 heavy (non-hydrogen) atoms. The largest absolute Gasteiger partial charge is 0.484 e. The predicted molar refractivity (Wildman–Crippen MR) is 64.7 cm³/mol.